The van der Waals surface area contributed by atoms with Crippen molar-refractivity contribution in [2.75, 3.05) is 31.6 Å². The van der Waals surface area contributed by atoms with Crippen LogP contribution >= 0.6 is 11.3 Å². The van der Waals surface area contributed by atoms with Gasteiger partial charge < -0.3 is 15.0 Å². The van der Waals surface area contributed by atoms with E-state index in [9.17, 15) is 4.79 Å². The van der Waals surface area contributed by atoms with Gasteiger partial charge in [-0.3, -0.25) is 9.78 Å². The molecule has 3 aromatic rings. The number of nitrogens with zero attached hydrogens (tertiary/aromatic N) is 3. The molecule has 4 rings (SSSR count). The third-order valence-electron chi connectivity index (χ3n) is 5.11. The number of thiazole rings is 1. The Hall–Kier alpha value is -2.67. The molecule has 3 heterocycles. The lowest BCUT2D eigenvalue weighted by molar-refractivity contribution is -0.125. The van der Waals surface area contributed by atoms with Gasteiger partial charge in [-0.05, 0) is 55.2 Å². The van der Waals surface area contributed by atoms with Crippen LogP contribution in [0.5, 0.6) is 5.75 Å². The van der Waals surface area contributed by atoms with Crippen LogP contribution in [-0.4, -0.2) is 42.6 Å². The number of methoxy groups -OCH3 is 1. The Kier molecular flexibility index (Phi) is 5.71. The summed E-state index contributed by atoms with van der Waals surface area (Å²) in [5, 5.41) is 4.08. The lowest BCUT2D eigenvalue weighted by Crippen LogP contribution is -2.43. The molecule has 1 amide bonds. The van der Waals surface area contributed by atoms with Crippen LogP contribution in [0.4, 0.5) is 5.13 Å². The maximum Gasteiger partial charge on any atom is 0.224 e. The smallest absolute Gasteiger partial charge is 0.224 e. The topological polar surface area (TPSA) is 67.3 Å². The molecule has 146 valence electrons. The standard InChI is InChI=1S/C21H24N4O2S/c1-27-17-4-5-18-19(13-17)28-21(24-18)25-12-2-3-16(14-25)20(26)23-11-8-15-6-9-22-10-7-15/h4-7,9-10,13,16H,2-3,8,11-12,14H2,1H3,(H,23,26). The summed E-state index contributed by atoms with van der Waals surface area (Å²) in [6.07, 6.45) is 6.32. The lowest BCUT2D eigenvalue weighted by atomic mass is 9.97. The first-order chi connectivity index (χ1) is 13.7. The average molecular weight is 397 g/mol. The van der Waals surface area contributed by atoms with Gasteiger partial charge in [0, 0.05) is 32.0 Å². The third-order valence-corrected chi connectivity index (χ3v) is 6.19. The molecule has 7 heteroatoms. The van der Waals surface area contributed by atoms with Crippen LogP contribution in [0.1, 0.15) is 18.4 Å². The largest absolute Gasteiger partial charge is 0.497 e. The monoisotopic (exact) mass is 396 g/mol. The van der Waals surface area contributed by atoms with Crippen LogP contribution in [-0.2, 0) is 11.2 Å². The zero-order valence-electron chi connectivity index (χ0n) is 15.9. The Morgan fingerprint density at radius 1 is 1.32 bits per heavy atom. The van der Waals surface area contributed by atoms with E-state index in [2.05, 4.69) is 15.2 Å². The number of nitrogens with one attached hydrogen (secondary N) is 1. The molecule has 0 radical (unpaired) electrons. The van der Waals surface area contributed by atoms with Crippen LogP contribution in [0.15, 0.2) is 42.7 Å². The van der Waals surface area contributed by atoms with Gasteiger partial charge in [0.05, 0.1) is 23.2 Å². The number of fused-ring (bicyclic) bond motifs is 1. The molecule has 6 nitrogen and oxygen atoms in total. The number of rotatable bonds is 6. The van der Waals surface area contributed by atoms with E-state index >= 15 is 0 Å². The highest BCUT2D eigenvalue weighted by molar-refractivity contribution is 7.22. The number of carbonyl (C=O) groups excluding carboxylic acids is 1. The van der Waals surface area contributed by atoms with Crippen molar-refractivity contribution >= 4 is 32.6 Å². The summed E-state index contributed by atoms with van der Waals surface area (Å²) in [6.45, 7) is 2.32. The van der Waals surface area contributed by atoms with E-state index in [-0.39, 0.29) is 11.8 Å². The van der Waals surface area contributed by atoms with Gasteiger partial charge in [-0.2, -0.15) is 0 Å². The van der Waals surface area contributed by atoms with Crippen molar-refractivity contribution in [3.05, 3.63) is 48.3 Å². The predicted octanol–water partition coefficient (Wildman–Crippen LogP) is 3.28. The normalized spacial score (nSPS) is 16.9. The number of ether oxygens (including phenoxy) is 1. The van der Waals surface area contributed by atoms with E-state index < -0.39 is 0 Å². The third kappa shape index (κ3) is 4.25. The number of hydrogen-bond donors (Lipinski definition) is 1. The Morgan fingerprint density at radius 2 is 2.18 bits per heavy atom. The molecular formula is C21H24N4O2S. The SMILES string of the molecule is COc1ccc2nc(N3CCCC(C(=O)NCCc4ccncc4)C3)sc2c1. The second kappa shape index (κ2) is 8.56. The molecule has 2 aromatic heterocycles. The molecule has 1 atom stereocenters. The van der Waals surface area contributed by atoms with Gasteiger partial charge in [0.15, 0.2) is 5.13 Å². The molecule has 1 aliphatic rings. The first-order valence-corrected chi connectivity index (χ1v) is 10.4. The highest BCUT2D eigenvalue weighted by Gasteiger charge is 2.27. The summed E-state index contributed by atoms with van der Waals surface area (Å²) in [6, 6.07) is 9.90. The molecule has 0 spiro atoms. The summed E-state index contributed by atoms with van der Waals surface area (Å²) >= 11 is 1.66. The molecular weight excluding hydrogens is 372 g/mol. The van der Waals surface area contributed by atoms with Crippen LogP contribution < -0.4 is 15.0 Å². The molecule has 1 aromatic carbocycles. The van der Waals surface area contributed by atoms with E-state index in [0.29, 0.717) is 6.54 Å². The molecule has 0 saturated carbocycles. The van der Waals surface area contributed by atoms with Crippen molar-refractivity contribution < 1.29 is 9.53 Å². The van der Waals surface area contributed by atoms with Crippen LogP contribution in [0, 0.1) is 5.92 Å². The second-order valence-electron chi connectivity index (χ2n) is 7.01. The van der Waals surface area contributed by atoms with E-state index in [1.54, 1.807) is 30.8 Å². The molecule has 0 bridgehead atoms. The molecule has 28 heavy (non-hydrogen) atoms. The molecule has 1 saturated heterocycles. The Balaban J connectivity index is 1.36. The Labute approximate surface area is 168 Å². The second-order valence-corrected chi connectivity index (χ2v) is 8.02. The Morgan fingerprint density at radius 3 is 3.00 bits per heavy atom. The van der Waals surface area contributed by atoms with Crippen LogP contribution in [0.25, 0.3) is 10.2 Å². The quantitative estimate of drug-likeness (QED) is 0.693. The van der Waals surface area contributed by atoms with E-state index in [4.69, 9.17) is 9.72 Å². The molecule has 1 unspecified atom stereocenters. The van der Waals surface area contributed by atoms with Crippen molar-refractivity contribution in [1.82, 2.24) is 15.3 Å². The van der Waals surface area contributed by atoms with E-state index in [1.807, 2.05) is 30.3 Å². The zero-order chi connectivity index (χ0) is 19.3. The summed E-state index contributed by atoms with van der Waals surface area (Å²) < 4.78 is 6.41. The number of pyridine rings is 1. The number of amides is 1. The van der Waals surface area contributed by atoms with E-state index in [1.165, 1.54) is 5.56 Å². The average Bonchev–Trinajstić information content (AvgIpc) is 3.18. The Bertz CT molecular complexity index is 944. The zero-order valence-corrected chi connectivity index (χ0v) is 16.7. The number of hydrogen-bond acceptors (Lipinski definition) is 6. The minimum Gasteiger partial charge on any atom is -0.497 e. The first-order valence-electron chi connectivity index (χ1n) is 9.59. The van der Waals surface area contributed by atoms with Gasteiger partial charge in [0.2, 0.25) is 5.91 Å². The van der Waals surface area contributed by atoms with Gasteiger partial charge in [-0.1, -0.05) is 11.3 Å². The maximum atomic E-state index is 12.6. The van der Waals surface area contributed by atoms with Crippen molar-refractivity contribution in [3.63, 3.8) is 0 Å². The summed E-state index contributed by atoms with van der Waals surface area (Å²) in [7, 11) is 1.67. The highest BCUT2D eigenvalue weighted by atomic mass is 32.1. The number of aromatic nitrogens is 2. The minimum absolute atomic E-state index is 0.00717. The van der Waals surface area contributed by atoms with Gasteiger partial charge >= 0.3 is 0 Å². The molecule has 1 aliphatic heterocycles. The first kappa shape index (κ1) is 18.7. The minimum atomic E-state index is 0.00717. The summed E-state index contributed by atoms with van der Waals surface area (Å²) in [5.41, 5.74) is 2.16. The molecule has 0 aliphatic carbocycles. The molecule has 1 fully saturated rings. The van der Waals surface area contributed by atoms with Crippen LogP contribution in [0.2, 0.25) is 0 Å². The number of benzene rings is 1. The predicted molar refractivity (Wildman–Crippen MR) is 112 cm³/mol. The van der Waals surface area contributed by atoms with Crippen LogP contribution in [0.3, 0.4) is 0 Å². The van der Waals surface area contributed by atoms with Gasteiger partial charge in [-0.25, -0.2) is 4.98 Å². The summed E-state index contributed by atoms with van der Waals surface area (Å²) in [4.78, 5) is 23.7. The fourth-order valence-electron chi connectivity index (χ4n) is 3.54. The van der Waals surface area contributed by atoms with Gasteiger partial charge in [-0.15, -0.1) is 0 Å². The maximum absolute atomic E-state index is 12.6. The van der Waals surface area contributed by atoms with Crippen molar-refractivity contribution in [1.29, 1.82) is 0 Å². The highest BCUT2D eigenvalue weighted by Crippen LogP contribution is 2.33. The van der Waals surface area contributed by atoms with E-state index in [0.717, 1.165) is 53.4 Å². The number of carbonyl (C=O) groups is 1. The van der Waals surface area contributed by atoms with Gasteiger partial charge in [0.25, 0.3) is 0 Å². The number of piperidine rings is 1. The van der Waals surface area contributed by atoms with Gasteiger partial charge in [0.1, 0.15) is 5.75 Å². The van der Waals surface area contributed by atoms with Crippen molar-refractivity contribution in [2.45, 2.75) is 19.3 Å². The number of anilines is 1. The fraction of sp³-hybridized carbons (Fsp3) is 0.381. The summed E-state index contributed by atoms with van der Waals surface area (Å²) in [5.74, 6) is 0.988. The van der Waals surface area contributed by atoms with Crippen molar-refractivity contribution in [3.8, 4) is 5.75 Å². The van der Waals surface area contributed by atoms with Crippen molar-refractivity contribution in [2.24, 2.45) is 5.92 Å². The fourth-order valence-corrected chi connectivity index (χ4v) is 4.57. The lowest BCUT2D eigenvalue weighted by Gasteiger charge is -2.31. The molecule has 1 N–H and O–H groups in total.